The molecular formula is C13H18N2O3. The van der Waals surface area contributed by atoms with Crippen molar-refractivity contribution in [1.82, 2.24) is 5.32 Å². The zero-order valence-electron chi connectivity index (χ0n) is 10.4. The standard InChI is InChI=1S/C13H18N2O3/c1-10-4-2-3-5-11(10)14-8-6-12(16)15-9-7-13(17)18/h2-5,14H,6-9H2,1H3,(H,15,16)(H,17,18). The van der Waals surface area contributed by atoms with Crippen LogP contribution in [0.1, 0.15) is 18.4 Å². The Morgan fingerprint density at radius 2 is 1.89 bits per heavy atom. The summed E-state index contributed by atoms with van der Waals surface area (Å²) in [4.78, 5) is 21.6. The molecule has 5 nitrogen and oxygen atoms in total. The van der Waals surface area contributed by atoms with E-state index in [4.69, 9.17) is 5.11 Å². The molecule has 3 N–H and O–H groups in total. The van der Waals surface area contributed by atoms with Crippen LogP contribution in [0.3, 0.4) is 0 Å². The lowest BCUT2D eigenvalue weighted by Gasteiger charge is -2.09. The minimum atomic E-state index is -0.909. The number of carboxylic acid groups (broad SMARTS) is 1. The number of carbonyl (C=O) groups excluding carboxylic acids is 1. The first-order chi connectivity index (χ1) is 8.59. The molecule has 0 saturated heterocycles. The van der Waals surface area contributed by atoms with Crippen molar-refractivity contribution in [3.63, 3.8) is 0 Å². The number of nitrogens with one attached hydrogen (secondary N) is 2. The highest BCUT2D eigenvalue weighted by Crippen LogP contribution is 2.12. The van der Waals surface area contributed by atoms with Crippen LogP contribution in [-0.4, -0.2) is 30.1 Å². The van der Waals surface area contributed by atoms with E-state index >= 15 is 0 Å². The van der Waals surface area contributed by atoms with Crippen LogP contribution in [0, 0.1) is 6.92 Å². The Bertz CT molecular complexity index is 418. The zero-order chi connectivity index (χ0) is 13.4. The van der Waals surface area contributed by atoms with Gasteiger partial charge in [-0.05, 0) is 18.6 Å². The first kappa shape index (κ1) is 14.0. The van der Waals surface area contributed by atoms with Crippen LogP contribution in [0.25, 0.3) is 0 Å². The summed E-state index contributed by atoms with van der Waals surface area (Å²) in [5, 5.41) is 14.1. The van der Waals surface area contributed by atoms with Gasteiger partial charge in [0, 0.05) is 25.2 Å². The number of anilines is 1. The van der Waals surface area contributed by atoms with Crippen molar-refractivity contribution in [3.05, 3.63) is 29.8 Å². The quantitative estimate of drug-likeness (QED) is 0.683. The number of amides is 1. The second kappa shape index (κ2) is 7.32. The number of carboxylic acids is 1. The third-order valence-electron chi connectivity index (χ3n) is 2.47. The average Bonchev–Trinajstić information content (AvgIpc) is 2.31. The molecule has 1 amide bonds. The largest absolute Gasteiger partial charge is 0.481 e. The summed E-state index contributed by atoms with van der Waals surface area (Å²) in [5.74, 6) is -1.05. The molecule has 0 aliphatic rings. The summed E-state index contributed by atoms with van der Waals surface area (Å²) < 4.78 is 0. The van der Waals surface area contributed by atoms with E-state index in [1.165, 1.54) is 0 Å². The number of hydrogen-bond acceptors (Lipinski definition) is 3. The highest BCUT2D eigenvalue weighted by Gasteiger charge is 2.03. The van der Waals surface area contributed by atoms with Gasteiger partial charge in [0.2, 0.25) is 5.91 Å². The summed E-state index contributed by atoms with van der Waals surface area (Å²) in [7, 11) is 0. The van der Waals surface area contributed by atoms with Crippen LogP contribution in [0.4, 0.5) is 5.69 Å². The summed E-state index contributed by atoms with van der Waals surface area (Å²) in [5.41, 5.74) is 2.14. The first-order valence-corrected chi connectivity index (χ1v) is 5.87. The second-order valence-electron chi connectivity index (χ2n) is 3.99. The Labute approximate surface area is 106 Å². The fourth-order valence-corrected chi connectivity index (χ4v) is 1.48. The monoisotopic (exact) mass is 250 g/mol. The van der Waals surface area contributed by atoms with Crippen LogP contribution >= 0.6 is 0 Å². The summed E-state index contributed by atoms with van der Waals surface area (Å²) in [6.45, 7) is 2.71. The highest BCUT2D eigenvalue weighted by atomic mass is 16.4. The van der Waals surface area contributed by atoms with Gasteiger partial charge in [0.15, 0.2) is 0 Å². The van der Waals surface area contributed by atoms with Crippen LogP contribution in [0.2, 0.25) is 0 Å². The molecule has 1 aromatic carbocycles. The molecule has 1 aromatic rings. The Balaban J connectivity index is 2.20. The number of aliphatic carboxylic acids is 1. The van der Waals surface area contributed by atoms with E-state index in [0.717, 1.165) is 11.3 Å². The zero-order valence-corrected chi connectivity index (χ0v) is 10.4. The van der Waals surface area contributed by atoms with Crippen LogP contribution in [0.15, 0.2) is 24.3 Å². The summed E-state index contributed by atoms with van der Waals surface area (Å²) in [6.07, 6.45) is 0.283. The SMILES string of the molecule is Cc1ccccc1NCCC(=O)NCCC(=O)O. The van der Waals surface area contributed by atoms with E-state index in [2.05, 4.69) is 10.6 Å². The van der Waals surface area contributed by atoms with Crippen molar-refractivity contribution in [2.45, 2.75) is 19.8 Å². The summed E-state index contributed by atoms with van der Waals surface area (Å²) in [6, 6.07) is 7.84. The maximum absolute atomic E-state index is 11.4. The minimum Gasteiger partial charge on any atom is -0.481 e. The van der Waals surface area contributed by atoms with Gasteiger partial charge in [-0.2, -0.15) is 0 Å². The smallest absolute Gasteiger partial charge is 0.305 e. The number of para-hydroxylation sites is 1. The van der Waals surface area contributed by atoms with E-state index in [1.807, 2.05) is 31.2 Å². The van der Waals surface area contributed by atoms with Gasteiger partial charge in [0.05, 0.1) is 6.42 Å². The molecule has 0 aromatic heterocycles. The molecule has 0 aliphatic heterocycles. The van der Waals surface area contributed by atoms with E-state index < -0.39 is 5.97 Å². The second-order valence-corrected chi connectivity index (χ2v) is 3.99. The number of hydrogen-bond donors (Lipinski definition) is 3. The van der Waals surface area contributed by atoms with Gasteiger partial charge in [-0.1, -0.05) is 18.2 Å². The fourth-order valence-electron chi connectivity index (χ4n) is 1.48. The molecule has 0 spiro atoms. The molecule has 0 atom stereocenters. The van der Waals surface area contributed by atoms with Gasteiger partial charge in [-0.25, -0.2) is 0 Å². The molecule has 18 heavy (non-hydrogen) atoms. The van der Waals surface area contributed by atoms with Gasteiger partial charge in [0.1, 0.15) is 0 Å². The predicted molar refractivity (Wildman–Crippen MR) is 69.5 cm³/mol. The van der Waals surface area contributed by atoms with Gasteiger partial charge in [-0.15, -0.1) is 0 Å². The lowest BCUT2D eigenvalue weighted by molar-refractivity contribution is -0.136. The average molecular weight is 250 g/mol. The van der Waals surface area contributed by atoms with Crippen molar-refractivity contribution < 1.29 is 14.7 Å². The molecule has 98 valence electrons. The molecule has 0 unspecified atom stereocenters. The number of benzene rings is 1. The van der Waals surface area contributed by atoms with E-state index in [-0.39, 0.29) is 18.9 Å². The van der Waals surface area contributed by atoms with Gasteiger partial charge >= 0.3 is 5.97 Å². The molecule has 5 heteroatoms. The molecule has 0 heterocycles. The third kappa shape index (κ3) is 5.34. The predicted octanol–water partition coefficient (Wildman–Crippen LogP) is 1.39. The van der Waals surface area contributed by atoms with Crippen molar-refractivity contribution >= 4 is 17.6 Å². The summed E-state index contributed by atoms with van der Waals surface area (Å²) >= 11 is 0. The lowest BCUT2D eigenvalue weighted by atomic mass is 10.2. The van der Waals surface area contributed by atoms with E-state index in [1.54, 1.807) is 0 Å². The van der Waals surface area contributed by atoms with Crippen LogP contribution < -0.4 is 10.6 Å². The molecule has 0 saturated carbocycles. The Hall–Kier alpha value is -2.04. The van der Waals surface area contributed by atoms with Crippen molar-refractivity contribution in [3.8, 4) is 0 Å². The molecule has 1 rings (SSSR count). The van der Waals surface area contributed by atoms with Crippen molar-refractivity contribution in [2.75, 3.05) is 18.4 Å². The molecule has 0 radical (unpaired) electrons. The van der Waals surface area contributed by atoms with Crippen LogP contribution in [0.5, 0.6) is 0 Å². The molecule has 0 bridgehead atoms. The Morgan fingerprint density at radius 3 is 2.56 bits per heavy atom. The van der Waals surface area contributed by atoms with Crippen molar-refractivity contribution in [2.24, 2.45) is 0 Å². The molecular weight excluding hydrogens is 232 g/mol. The molecule has 0 fully saturated rings. The maximum Gasteiger partial charge on any atom is 0.305 e. The number of aryl methyl sites for hydroxylation is 1. The Morgan fingerprint density at radius 1 is 1.17 bits per heavy atom. The van der Waals surface area contributed by atoms with Crippen molar-refractivity contribution in [1.29, 1.82) is 0 Å². The lowest BCUT2D eigenvalue weighted by Crippen LogP contribution is -2.27. The first-order valence-electron chi connectivity index (χ1n) is 5.87. The Kier molecular flexibility index (Phi) is 5.70. The third-order valence-corrected chi connectivity index (χ3v) is 2.47. The maximum atomic E-state index is 11.4. The van der Waals surface area contributed by atoms with Gasteiger partial charge in [0.25, 0.3) is 0 Å². The minimum absolute atomic E-state index is 0.0447. The number of carbonyl (C=O) groups is 2. The van der Waals surface area contributed by atoms with Gasteiger partial charge < -0.3 is 15.7 Å². The normalized spacial score (nSPS) is 9.83. The van der Waals surface area contributed by atoms with Gasteiger partial charge in [-0.3, -0.25) is 9.59 Å². The number of rotatable bonds is 7. The highest BCUT2D eigenvalue weighted by molar-refractivity contribution is 5.77. The topological polar surface area (TPSA) is 78.4 Å². The van der Waals surface area contributed by atoms with Crippen LogP contribution in [-0.2, 0) is 9.59 Å². The fraction of sp³-hybridized carbons (Fsp3) is 0.385. The molecule has 0 aliphatic carbocycles. The van der Waals surface area contributed by atoms with E-state index in [9.17, 15) is 9.59 Å². The van der Waals surface area contributed by atoms with E-state index in [0.29, 0.717) is 13.0 Å².